The Morgan fingerprint density at radius 1 is 0.900 bits per heavy atom. The van der Waals surface area contributed by atoms with E-state index in [1.54, 1.807) is 0 Å². The molecule has 1 saturated carbocycles. The topological polar surface area (TPSA) is 113 Å². The largest absolute Gasteiger partial charge is 0.481 e. The molecule has 2 aromatic carbocycles. The van der Waals surface area contributed by atoms with Crippen LogP contribution >= 0.6 is 23.2 Å². The zero-order valence-corrected chi connectivity index (χ0v) is 18.1. The molecule has 0 radical (unpaired) electrons. The van der Waals surface area contributed by atoms with Crippen molar-refractivity contribution in [3.05, 3.63) is 52.5 Å². The molecule has 0 bridgehead atoms. The summed E-state index contributed by atoms with van der Waals surface area (Å²) in [6, 6.07) is 9.99. The molecule has 3 N–H and O–H groups in total. The Morgan fingerprint density at radius 2 is 1.50 bits per heavy atom. The molecule has 1 amide bonds. The summed E-state index contributed by atoms with van der Waals surface area (Å²) in [4.78, 5) is 23.9. The molecule has 0 heterocycles. The zero-order chi connectivity index (χ0) is 21.9. The van der Waals surface area contributed by atoms with E-state index in [4.69, 9.17) is 23.2 Å². The minimum atomic E-state index is -3.87. The van der Waals surface area contributed by atoms with Crippen molar-refractivity contribution in [1.29, 1.82) is 0 Å². The lowest BCUT2D eigenvalue weighted by Crippen LogP contribution is -2.36. The number of carbonyl (C=O) groups is 2. The van der Waals surface area contributed by atoms with Crippen molar-refractivity contribution in [2.45, 2.75) is 30.6 Å². The molecule has 30 heavy (non-hydrogen) atoms. The van der Waals surface area contributed by atoms with Gasteiger partial charge in [-0.25, -0.2) is 8.42 Å². The second-order valence-corrected chi connectivity index (χ2v) is 9.58. The lowest BCUT2D eigenvalue weighted by Gasteiger charge is -2.27. The summed E-state index contributed by atoms with van der Waals surface area (Å²) < 4.78 is 27.5. The van der Waals surface area contributed by atoms with Crippen LogP contribution in [0, 0.1) is 11.8 Å². The Labute approximate surface area is 184 Å². The van der Waals surface area contributed by atoms with E-state index in [0.717, 1.165) is 12.8 Å². The van der Waals surface area contributed by atoms with E-state index >= 15 is 0 Å². The van der Waals surface area contributed by atoms with Gasteiger partial charge in [-0.2, -0.15) is 0 Å². The predicted octanol–water partition coefficient (Wildman–Crippen LogP) is 4.62. The van der Waals surface area contributed by atoms with Gasteiger partial charge in [0, 0.05) is 5.69 Å². The fourth-order valence-corrected chi connectivity index (χ4v) is 4.81. The van der Waals surface area contributed by atoms with Crippen LogP contribution in [0.5, 0.6) is 0 Å². The molecule has 0 spiro atoms. The molecule has 2 atom stereocenters. The van der Waals surface area contributed by atoms with E-state index in [9.17, 15) is 23.1 Å². The highest BCUT2D eigenvalue weighted by atomic mass is 35.5. The summed E-state index contributed by atoms with van der Waals surface area (Å²) in [6.45, 7) is 0. The van der Waals surface area contributed by atoms with Crippen molar-refractivity contribution in [3.8, 4) is 0 Å². The van der Waals surface area contributed by atoms with Gasteiger partial charge < -0.3 is 10.4 Å². The molecule has 3 rings (SSSR count). The second kappa shape index (κ2) is 9.24. The van der Waals surface area contributed by atoms with Gasteiger partial charge in [-0.05, 0) is 55.3 Å². The molecule has 0 saturated heterocycles. The van der Waals surface area contributed by atoms with Crippen LogP contribution in [-0.4, -0.2) is 25.4 Å². The maximum atomic E-state index is 12.6. The molecule has 160 valence electrons. The van der Waals surface area contributed by atoms with E-state index in [2.05, 4.69) is 10.0 Å². The molecule has 1 aliphatic carbocycles. The quantitative estimate of drug-likeness (QED) is 0.569. The van der Waals surface area contributed by atoms with Crippen LogP contribution in [0.1, 0.15) is 25.7 Å². The van der Waals surface area contributed by atoms with Gasteiger partial charge in [0.25, 0.3) is 10.0 Å². The number of carboxylic acids is 1. The molecule has 1 aliphatic rings. The first-order valence-electron chi connectivity index (χ1n) is 9.29. The molecule has 2 unspecified atom stereocenters. The third-order valence-corrected chi connectivity index (χ3v) is 7.16. The summed E-state index contributed by atoms with van der Waals surface area (Å²) in [7, 11) is -3.87. The lowest BCUT2D eigenvalue weighted by molar-refractivity contribution is -0.147. The highest BCUT2D eigenvalue weighted by molar-refractivity contribution is 7.92. The summed E-state index contributed by atoms with van der Waals surface area (Å²) in [5, 5.41) is 12.6. The van der Waals surface area contributed by atoms with Crippen LogP contribution in [0.15, 0.2) is 47.4 Å². The molecule has 10 heteroatoms. The molecule has 1 fully saturated rings. The van der Waals surface area contributed by atoms with Gasteiger partial charge in [-0.3, -0.25) is 14.3 Å². The second-order valence-electron chi connectivity index (χ2n) is 7.08. The number of carbonyl (C=O) groups excluding carboxylic acids is 1. The van der Waals surface area contributed by atoms with E-state index in [-0.39, 0.29) is 21.5 Å². The number of anilines is 2. The SMILES string of the molecule is O=C(O)C1CCCCC1C(=O)Nc1ccc(S(=O)(=O)Nc2ccc(Cl)c(Cl)c2)cc1. The fourth-order valence-electron chi connectivity index (χ4n) is 3.47. The first kappa shape index (κ1) is 22.4. The van der Waals surface area contributed by atoms with Crippen molar-refractivity contribution in [2.24, 2.45) is 11.8 Å². The Bertz CT molecular complexity index is 1060. The van der Waals surface area contributed by atoms with Gasteiger partial charge in [-0.1, -0.05) is 36.0 Å². The molecule has 0 aliphatic heterocycles. The van der Waals surface area contributed by atoms with Gasteiger partial charge in [0.05, 0.1) is 32.5 Å². The van der Waals surface area contributed by atoms with Crippen LogP contribution in [0.25, 0.3) is 0 Å². The molecule has 2 aromatic rings. The summed E-state index contributed by atoms with van der Waals surface area (Å²) in [5.74, 6) is -2.64. The summed E-state index contributed by atoms with van der Waals surface area (Å²) in [5.41, 5.74) is 0.655. The summed E-state index contributed by atoms with van der Waals surface area (Å²) in [6.07, 6.45) is 2.59. The van der Waals surface area contributed by atoms with E-state index < -0.39 is 27.8 Å². The normalized spacial score (nSPS) is 19.1. The number of nitrogens with one attached hydrogen (secondary N) is 2. The number of hydrogen-bond acceptors (Lipinski definition) is 4. The Morgan fingerprint density at radius 3 is 2.10 bits per heavy atom. The van der Waals surface area contributed by atoms with Crippen molar-refractivity contribution in [1.82, 2.24) is 0 Å². The van der Waals surface area contributed by atoms with Gasteiger partial charge in [0.15, 0.2) is 0 Å². The molecule has 0 aromatic heterocycles. The maximum absolute atomic E-state index is 12.6. The Balaban J connectivity index is 1.70. The first-order chi connectivity index (χ1) is 14.2. The molecule has 7 nitrogen and oxygen atoms in total. The third-order valence-electron chi connectivity index (χ3n) is 5.02. The van der Waals surface area contributed by atoms with Gasteiger partial charge >= 0.3 is 5.97 Å². The highest BCUT2D eigenvalue weighted by Crippen LogP contribution is 2.31. The van der Waals surface area contributed by atoms with Crippen LogP contribution < -0.4 is 10.0 Å². The minimum Gasteiger partial charge on any atom is -0.481 e. The maximum Gasteiger partial charge on any atom is 0.307 e. The van der Waals surface area contributed by atoms with Crippen molar-refractivity contribution < 1.29 is 23.1 Å². The highest BCUT2D eigenvalue weighted by Gasteiger charge is 2.35. The number of aliphatic carboxylic acids is 1. The molecular weight excluding hydrogens is 451 g/mol. The predicted molar refractivity (Wildman–Crippen MR) is 115 cm³/mol. The number of rotatable bonds is 6. The van der Waals surface area contributed by atoms with Crippen molar-refractivity contribution in [3.63, 3.8) is 0 Å². The Hall–Kier alpha value is -2.29. The van der Waals surface area contributed by atoms with Crippen LogP contribution in [-0.2, 0) is 19.6 Å². The van der Waals surface area contributed by atoms with Crippen LogP contribution in [0.3, 0.4) is 0 Å². The summed E-state index contributed by atoms with van der Waals surface area (Å²) >= 11 is 11.7. The number of halogens is 2. The number of hydrogen-bond donors (Lipinski definition) is 3. The monoisotopic (exact) mass is 470 g/mol. The fraction of sp³-hybridized carbons (Fsp3) is 0.300. The third kappa shape index (κ3) is 5.24. The van der Waals surface area contributed by atoms with Crippen molar-refractivity contribution in [2.75, 3.05) is 10.0 Å². The van der Waals surface area contributed by atoms with E-state index in [0.29, 0.717) is 23.6 Å². The lowest BCUT2D eigenvalue weighted by atomic mass is 9.78. The Kier molecular flexibility index (Phi) is 6.90. The number of sulfonamides is 1. The number of benzene rings is 2. The van der Waals surface area contributed by atoms with Gasteiger partial charge in [0.1, 0.15) is 0 Å². The van der Waals surface area contributed by atoms with Crippen molar-refractivity contribution >= 4 is 56.5 Å². The van der Waals surface area contributed by atoms with Gasteiger partial charge in [0.2, 0.25) is 5.91 Å². The van der Waals surface area contributed by atoms with Crippen LogP contribution in [0.2, 0.25) is 10.0 Å². The van der Waals surface area contributed by atoms with Crippen LogP contribution in [0.4, 0.5) is 11.4 Å². The number of amides is 1. The average molecular weight is 471 g/mol. The number of carboxylic acid groups (broad SMARTS) is 1. The van der Waals surface area contributed by atoms with E-state index in [1.807, 2.05) is 0 Å². The van der Waals surface area contributed by atoms with E-state index in [1.165, 1.54) is 42.5 Å². The average Bonchev–Trinajstić information content (AvgIpc) is 2.71. The van der Waals surface area contributed by atoms with Gasteiger partial charge in [-0.15, -0.1) is 0 Å². The standard InChI is InChI=1S/C20H20Cl2N2O5S/c21-17-10-7-13(11-18(17)22)24-30(28,29)14-8-5-12(6-9-14)23-19(25)15-3-1-2-4-16(15)20(26)27/h5-11,15-16,24H,1-4H2,(H,23,25)(H,26,27). The zero-order valence-electron chi connectivity index (χ0n) is 15.8. The first-order valence-corrected chi connectivity index (χ1v) is 11.5. The smallest absolute Gasteiger partial charge is 0.307 e. The minimum absolute atomic E-state index is 0.00681. The molecular formula is C20H20Cl2N2O5S.